The van der Waals surface area contributed by atoms with Crippen LogP contribution in [0.5, 0.6) is 0 Å². The summed E-state index contributed by atoms with van der Waals surface area (Å²) in [5.41, 5.74) is 1.73. The van der Waals surface area contributed by atoms with Crippen LogP contribution in [0.1, 0.15) is 11.5 Å². The molecule has 0 aliphatic rings. The van der Waals surface area contributed by atoms with Gasteiger partial charge in [-0.15, -0.1) is 0 Å². The number of aromatic nitrogens is 3. The molecule has 0 unspecified atom stereocenters. The summed E-state index contributed by atoms with van der Waals surface area (Å²) in [6, 6.07) is 5.69. The molecule has 0 aliphatic heterocycles. The van der Waals surface area contributed by atoms with Crippen LogP contribution in [0.25, 0.3) is 11.5 Å². The van der Waals surface area contributed by atoms with Crippen LogP contribution in [0.15, 0.2) is 22.9 Å². The maximum Gasteiger partial charge on any atom is 0.241 e. The van der Waals surface area contributed by atoms with Gasteiger partial charge >= 0.3 is 0 Å². The van der Waals surface area contributed by atoms with E-state index in [1.807, 2.05) is 25.1 Å². The second-order valence-electron chi connectivity index (χ2n) is 3.07. The Morgan fingerprint density at radius 2 is 2.40 bits per heavy atom. The molecule has 0 saturated heterocycles. The highest BCUT2D eigenvalue weighted by molar-refractivity contribution is 5.48. The van der Waals surface area contributed by atoms with Crippen molar-refractivity contribution in [2.24, 2.45) is 0 Å². The first-order valence-corrected chi connectivity index (χ1v) is 4.42. The van der Waals surface area contributed by atoms with Gasteiger partial charge in [0.25, 0.3) is 0 Å². The second kappa shape index (κ2) is 3.88. The zero-order valence-corrected chi connectivity index (χ0v) is 8.14. The lowest BCUT2D eigenvalue weighted by atomic mass is 10.2. The predicted octanol–water partition coefficient (Wildman–Crippen LogP) is 1.51. The van der Waals surface area contributed by atoms with Crippen LogP contribution in [0.2, 0.25) is 0 Å². The Balaban J connectivity index is 2.34. The average molecular weight is 200 g/mol. The fourth-order valence-electron chi connectivity index (χ4n) is 1.16. The van der Waals surface area contributed by atoms with Gasteiger partial charge in [-0.05, 0) is 24.6 Å². The van der Waals surface area contributed by atoms with E-state index in [1.165, 1.54) is 0 Å². The molecule has 74 valence electrons. The third-order valence-corrected chi connectivity index (χ3v) is 1.84. The van der Waals surface area contributed by atoms with Gasteiger partial charge in [0.05, 0.1) is 6.07 Å². The molecule has 2 heterocycles. The molecule has 2 aromatic rings. The van der Waals surface area contributed by atoms with Crippen molar-refractivity contribution in [1.82, 2.24) is 15.1 Å². The molecule has 0 saturated carbocycles. The van der Waals surface area contributed by atoms with Crippen LogP contribution < -0.4 is 0 Å². The van der Waals surface area contributed by atoms with Gasteiger partial charge in [-0.25, -0.2) is 0 Å². The largest absolute Gasteiger partial charge is 0.338 e. The van der Waals surface area contributed by atoms with Crippen molar-refractivity contribution in [3.05, 3.63) is 29.8 Å². The number of pyridine rings is 1. The molecule has 0 bridgehead atoms. The van der Waals surface area contributed by atoms with Crippen molar-refractivity contribution >= 4 is 0 Å². The summed E-state index contributed by atoms with van der Waals surface area (Å²) in [5, 5.41) is 12.2. The van der Waals surface area contributed by atoms with E-state index < -0.39 is 0 Å². The van der Waals surface area contributed by atoms with Crippen LogP contribution in [0, 0.1) is 18.3 Å². The van der Waals surface area contributed by atoms with Crippen molar-refractivity contribution in [1.29, 1.82) is 5.26 Å². The quantitative estimate of drug-likeness (QED) is 0.734. The minimum Gasteiger partial charge on any atom is -0.338 e. The van der Waals surface area contributed by atoms with Crippen LogP contribution in [-0.2, 0) is 6.42 Å². The number of nitriles is 1. The van der Waals surface area contributed by atoms with Gasteiger partial charge in [-0.3, -0.25) is 4.98 Å². The summed E-state index contributed by atoms with van der Waals surface area (Å²) in [7, 11) is 0. The Bertz CT molecular complexity index is 512. The van der Waals surface area contributed by atoms with E-state index in [9.17, 15) is 0 Å². The Hall–Kier alpha value is -2.22. The molecule has 5 heteroatoms. The van der Waals surface area contributed by atoms with Gasteiger partial charge in [0.1, 0.15) is 12.1 Å². The number of nitrogens with zero attached hydrogens (tertiary/aromatic N) is 4. The first-order chi connectivity index (χ1) is 7.29. The van der Waals surface area contributed by atoms with Crippen LogP contribution >= 0.6 is 0 Å². The smallest absolute Gasteiger partial charge is 0.241 e. The van der Waals surface area contributed by atoms with E-state index in [0.717, 1.165) is 5.56 Å². The molecule has 15 heavy (non-hydrogen) atoms. The maximum atomic E-state index is 8.45. The van der Waals surface area contributed by atoms with Gasteiger partial charge in [0.2, 0.25) is 11.7 Å². The monoisotopic (exact) mass is 200 g/mol. The standard InChI is InChI=1S/C10H8N4O/c1-7-3-5-12-8(6-7)10-13-9(2-4-11)15-14-10/h3,5-6H,2H2,1H3. The highest BCUT2D eigenvalue weighted by Gasteiger charge is 2.08. The highest BCUT2D eigenvalue weighted by Crippen LogP contribution is 2.13. The van der Waals surface area contributed by atoms with Gasteiger partial charge in [-0.2, -0.15) is 10.2 Å². The molecule has 0 aliphatic carbocycles. The van der Waals surface area contributed by atoms with E-state index in [2.05, 4.69) is 15.1 Å². The number of hydrogen-bond donors (Lipinski definition) is 0. The maximum absolute atomic E-state index is 8.45. The van der Waals surface area contributed by atoms with E-state index in [0.29, 0.717) is 17.4 Å². The normalized spacial score (nSPS) is 9.87. The zero-order valence-electron chi connectivity index (χ0n) is 8.14. The van der Waals surface area contributed by atoms with Gasteiger partial charge < -0.3 is 4.52 Å². The zero-order chi connectivity index (χ0) is 10.7. The number of rotatable bonds is 2. The molecule has 2 aromatic heterocycles. The summed E-state index contributed by atoms with van der Waals surface area (Å²) >= 11 is 0. The minimum atomic E-state index is 0.124. The van der Waals surface area contributed by atoms with Crippen molar-refractivity contribution in [2.75, 3.05) is 0 Å². The van der Waals surface area contributed by atoms with E-state index in [1.54, 1.807) is 6.20 Å². The molecule has 0 radical (unpaired) electrons. The molecule has 0 N–H and O–H groups in total. The summed E-state index contributed by atoms with van der Waals surface area (Å²) in [5.74, 6) is 0.736. The Morgan fingerprint density at radius 3 is 3.13 bits per heavy atom. The van der Waals surface area contributed by atoms with Crippen molar-refractivity contribution in [3.8, 4) is 17.6 Å². The number of aryl methyl sites for hydroxylation is 1. The third-order valence-electron chi connectivity index (χ3n) is 1.84. The molecule has 2 rings (SSSR count). The van der Waals surface area contributed by atoms with Crippen molar-refractivity contribution < 1.29 is 4.52 Å². The summed E-state index contributed by atoms with van der Waals surface area (Å²) in [4.78, 5) is 8.16. The topological polar surface area (TPSA) is 75.6 Å². The van der Waals surface area contributed by atoms with Gasteiger partial charge in [-0.1, -0.05) is 5.16 Å². The molecule has 0 fully saturated rings. The first kappa shape index (κ1) is 9.34. The minimum absolute atomic E-state index is 0.124. The van der Waals surface area contributed by atoms with Crippen LogP contribution in [0.3, 0.4) is 0 Å². The van der Waals surface area contributed by atoms with Crippen LogP contribution in [0.4, 0.5) is 0 Å². The van der Waals surface area contributed by atoms with Crippen molar-refractivity contribution in [2.45, 2.75) is 13.3 Å². The molecular weight excluding hydrogens is 192 g/mol. The lowest BCUT2D eigenvalue weighted by Gasteiger charge is -1.93. The second-order valence-corrected chi connectivity index (χ2v) is 3.07. The predicted molar refractivity (Wildman–Crippen MR) is 51.6 cm³/mol. The molecule has 0 aromatic carbocycles. The fourth-order valence-corrected chi connectivity index (χ4v) is 1.16. The Morgan fingerprint density at radius 1 is 1.53 bits per heavy atom. The molecule has 0 spiro atoms. The lowest BCUT2D eigenvalue weighted by molar-refractivity contribution is 0.387. The van der Waals surface area contributed by atoms with Gasteiger partial charge in [0, 0.05) is 6.20 Å². The van der Waals surface area contributed by atoms with E-state index in [-0.39, 0.29) is 6.42 Å². The average Bonchev–Trinajstić information content (AvgIpc) is 2.67. The van der Waals surface area contributed by atoms with Crippen molar-refractivity contribution in [3.63, 3.8) is 0 Å². The Kier molecular flexibility index (Phi) is 2.42. The van der Waals surface area contributed by atoms with E-state index >= 15 is 0 Å². The SMILES string of the molecule is Cc1ccnc(-c2noc(CC#N)n2)c1. The summed E-state index contributed by atoms with van der Waals surface area (Å²) in [6.45, 7) is 1.96. The molecule has 5 nitrogen and oxygen atoms in total. The number of hydrogen-bond acceptors (Lipinski definition) is 5. The Labute approximate surface area is 86.4 Å². The first-order valence-electron chi connectivity index (χ1n) is 4.42. The third kappa shape index (κ3) is 1.99. The molecule has 0 atom stereocenters. The molecular formula is C10H8N4O. The summed E-state index contributed by atoms with van der Waals surface area (Å²) < 4.78 is 4.88. The van der Waals surface area contributed by atoms with E-state index in [4.69, 9.17) is 9.78 Å². The fraction of sp³-hybridized carbons (Fsp3) is 0.200. The van der Waals surface area contributed by atoms with Gasteiger partial charge in [0.15, 0.2) is 0 Å². The highest BCUT2D eigenvalue weighted by atomic mass is 16.5. The molecule has 0 amide bonds. The summed E-state index contributed by atoms with van der Waals surface area (Å²) in [6.07, 6.45) is 1.81. The lowest BCUT2D eigenvalue weighted by Crippen LogP contribution is -1.87. The van der Waals surface area contributed by atoms with Crippen LogP contribution in [-0.4, -0.2) is 15.1 Å².